The summed E-state index contributed by atoms with van der Waals surface area (Å²) in [5.74, 6) is -11.9. The number of amides is 2. The van der Waals surface area contributed by atoms with E-state index in [1.54, 1.807) is 0 Å². The minimum atomic E-state index is -3.80. The van der Waals surface area contributed by atoms with Crippen molar-refractivity contribution >= 4 is 35.7 Å². The van der Waals surface area contributed by atoms with Gasteiger partial charge in [-0.25, -0.2) is 14.4 Å². The smallest absolute Gasteiger partial charge is 0.332 e. The fourth-order valence-electron chi connectivity index (χ4n) is 9.64. The number of aliphatic imine (C=N–C) groups is 1. The summed E-state index contributed by atoms with van der Waals surface area (Å²) in [6, 6.07) is 0. The number of carbonyl (C=O) groups excluding carboxylic acids is 3. The van der Waals surface area contributed by atoms with Crippen molar-refractivity contribution in [1.82, 2.24) is 10.6 Å². The number of rotatable bonds is 34. The van der Waals surface area contributed by atoms with Crippen LogP contribution in [0.25, 0.3) is 0 Å². The number of hydrogen-bond acceptors (Lipinski definition) is 19. The third kappa shape index (κ3) is 15.3. The maximum atomic E-state index is 15.2. The average molecular weight is 1030 g/mol. The molecule has 0 aromatic carbocycles. The number of carbonyl (C=O) groups is 5. The van der Waals surface area contributed by atoms with E-state index in [-0.39, 0.29) is 25.8 Å². The zero-order valence-corrected chi connectivity index (χ0v) is 41.7. The number of nitrogens with zero attached hydrogens (tertiary/aromatic N) is 1. The number of nitrogens with two attached hydrogens (primary N) is 3. The summed E-state index contributed by atoms with van der Waals surface area (Å²) in [5, 5.41) is 118. The van der Waals surface area contributed by atoms with Crippen LogP contribution in [0.2, 0.25) is 0 Å². The molecular weight excluding hydrogens is 941 g/mol. The van der Waals surface area contributed by atoms with Crippen molar-refractivity contribution in [3.05, 3.63) is 0 Å². The van der Waals surface area contributed by atoms with E-state index >= 15 is 4.79 Å². The van der Waals surface area contributed by atoms with Crippen LogP contribution in [0.1, 0.15) is 156 Å². The molecule has 0 bridgehead atoms. The van der Waals surface area contributed by atoms with E-state index in [9.17, 15) is 70.2 Å². The van der Waals surface area contributed by atoms with E-state index in [0.29, 0.717) is 25.7 Å². The number of nitrogens with one attached hydrogen (secondary N) is 2. The first-order valence-electron chi connectivity index (χ1n) is 24.8. The summed E-state index contributed by atoms with van der Waals surface area (Å²) in [7, 11) is 0. The molecule has 2 amide bonds. The third-order valence-corrected chi connectivity index (χ3v) is 13.6. The first kappa shape index (κ1) is 63.3. The summed E-state index contributed by atoms with van der Waals surface area (Å²) in [4.78, 5) is 72.5. The fraction of sp³-hybridized carbons (Fsp3) is 0.870. The normalized spacial score (nSPS) is 29.1. The second kappa shape index (κ2) is 29.1. The number of ether oxygens (including phenoxy) is 4. The Morgan fingerprint density at radius 1 is 0.704 bits per heavy atom. The molecule has 0 aliphatic carbocycles. The fourth-order valence-corrected chi connectivity index (χ4v) is 9.64. The quantitative estimate of drug-likeness (QED) is 0.0152. The predicted molar refractivity (Wildman–Crippen MR) is 252 cm³/mol. The predicted octanol–water partition coefficient (Wildman–Crippen LogP) is -1.42. The van der Waals surface area contributed by atoms with Crippen LogP contribution in [-0.4, -0.2) is 184 Å². The molecule has 2 aliphatic rings. The van der Waals surface area contributed by atoms with Gasteiger partial charge in [0.1, 0.15) is 42.7 Å². The first-order valence-corrected chi connectivity index (χ1v) is 24.8. The lowest BCUT2D eigenvalue weighted by Gasteiger charge is -2.58. The summed E-state index contributed by atoms with van der Waals surface area (Å²) in [6.45, 7) is 2.79. The molecule has 0 radical (unpaired) electrons. The van der Waals surface area contributed by atoms with E-state index in [0.717, 1.165) is 78.1 Å². The second-order valence-electron chi connectivity index (χ2n) is 19.0. The third-order valence-electron chi connectivity index (χ3n) is 13.6. The lowest BCUT2D eigenvalue weighted by molar-refractivity contribution is -0.440. The molecule has 0 saturated carbocycles. The van der Waals surface area contributed by atoms with Gasteiger partial charge in [-0.2, -0.15) is 0 Å². The maximum absolute atomic E-state index is 15.2. The number of carboxylic acids is 2. The Kier molecular flexibility index (Phi) is 26.0. The Morgan fingerprint density at radius 3 is 1.66 bits per heavy atom. The Bertz CT molecular complexity index is 1730. The molecular formula is C46H84N6O19. The number of hydrogen-bond donors (Lipinski definition) is 15. The van der Waals surface area contributed by atoms with Gasteiger partial charge in [0.2, 0.25) is 11.8 Å². The summed E-state index contributed by atoms with van der Waals surface area (Å²) in [5.41, 5.74) is 5.22. The summed E-state index contributed by atoms with van der Waals surface area (Å²) >= 11 is 0. The standard InChI is InChI=1S/C46H84N6O19/c1-5-7-9-11-13-15-17-19-23-43(38(62)63,51-28(3)55)42(49,22-21-25-50-41(47)48)40(66)71-45(27-54)37(61)46(67,34(59)36(70-45)69-33-30(26-53)68-35(60)32(58)31(33)57)44(39(64)65,52-29(4)56)24-20-18-16-14-12-10-8-6-2/h30-37,53-54,57-61,67H,5-27,49H2,1-4H3,(H,51,55)(H,52,56)(H,62,63)(H,64,65)(H4,47,48,50)/t30-,31-,32-,33-,34+,35-,36+,37+,42?,43?,44?,45-,46+/m1/s1. The lowest BCUT2D eigenvalue weighted by atomic mass is 9.65. The Labute approximate surface area is 414 Å². The molecule has 25 nitrogen and oxygen atoms in total. The number of esters is 1. The van der Waals surface area contributed by atoms with E-state index in [4.69, 9.17) is 36.1 Å². The zero-order chi connectivity index (χ0) is 53.8. The van der Waals surface area contributed by atoms with Crippen molar-refractivity contribution in [2.45, 2.75) is 233 Å². The van der Waals surface area contributed by atoms with Crippen molar-refractivity contribution in [3.63, 3.8) is 0 Å². The number of unbranched alkanes of at least 4 members (excludes halogenated alkanes) is 14. The highest BCUT2D eigenvalue weighted by atomic mass is 16.8. The van der Waals surface area contributed by atoms with Crippen LogP contribution in [0.15, 0.2) is 4.99 Å². The number of aliphatic carboxylic acids is 2. The molecule has 0 aromatic rings. The minimum Gasteiger partial charge on any atom is -0.479 e. The van der Waals surface area contributed by atoms with Crippen molar-refractivity contribution in [2.24, 2.45) is 22.2 Å². The highest BCUT2D eigenvalue weighted by Gasteiger charge is 2.75. The highest BCUT2D eigenvalue weighted by Crippen LogP contribution is 2.48. The molecule has 3 unspecified atom stereocenters. The first-order chi connectivity index (χ1) is 33.4. The summed E-state index contributed by atoms with van der Waals surface area (Å²) in [6.07, 6.45) is -10.5. The van der Waals surface area contributed by atoms with Gasteiger partial charge in [-0.15, -0.1) is 0 Å². The van der Waals surface area contributed by atoms with Crippen LogP contribution in [-0.2, 0) is 42.9 Å². The molecule has 2 heterocycles. The summed E-state index contributed by atoms with van der Waals surface area (Å²) < 4.78 is 22.6. The molecule has 412 valence electrons. The minimum absolute atomic E-state index is 0.0571. The van der Waals surface area contributed by atoms with Gasteiger partial charge < -0.3 is 97.8 Å². The van der Waals surface area contributed by atoms with Gasteiger partial charge in [0, 0.05) is 20.4 Å². The SMILES string of the molecule is CCCCCCCCCCC(NC(C)=O)(C(=O)O)C(N)(CCCN=C(N)N)C(=O)O[C@@]1(CO)O[C@H](O[C@H]2[C@H](O)[C@@H](O)[C@H](O)O[C@@H]2CO)[C@H](O)[C@@](O)(C(CCCCCCCCCC)(NC(C)=O)C(=O)O)[C@H]1O. The lowest BCUT2D eigenvalue weighted by Crippen LogP contribution is -2.86. The van der Waals surface area contributed by atoms with Crippen LogP contribution in [0.4, 0.5) is 0 Å². The van der Waals surface area contributed by atoms with Gasteiger partial charge in [0.25, 0.3) is 5.79 Å². The number of carboxylic acid groups (broad SMARTS) is 2. The average Bonchev–Trinajstić information content (AvgIpc) is 3.31. The van der Waals surface area contributed by atoms with Gasteiger partial charge >= 0.3 is 17.9 Å². The Morgan fingerprint density at radius 2 is 1.21 bits per heavy atom. The van der Waals surface area contributed by atoms with E-state index < -0.39 is 145 Å². The van der Waals surface area contributed by atoms with Crippen molar-refractivity contribution in [2.75, 3.05) is 19.8 Å². The van der Waals surface area contributed by atoms with Gasteiger partial charge in [0.05, 0.1) is 6.61 Å². The zero-order valence-electron chi connectivity index (χ0n) is 41.7. The van der Waals surface area contributed by atoms with Crippen molar-refractivity contribution < 1.29 is 94.0 Å². The van der Waals surface area contributed by atoms with Gasteiger partial charge in [-0.05, 0) is 25.7 Å². The molecule has 2 aliphatic heterocycles. The van der Waals surface area contributed by atoms with Crippen LogP contribution >= 0.6 is 0 Å². The highest BCUT2D eigenvalue weighted by molar-refractivity contribution is 5.97. The maximum Gasteiger partial charge on any atom is 0.332 e. The molecule has 0 aromatic heterocycles. The van der Waals surface area contributed by atoms with Gasteiger partial charge in [0.15, 0.2) is 41.3 Å². The van der Waals surface area contributed by atoms with E-state index in [1.165, 1.54) is 0 Å². The Balaban J connectivity index is 2.97. The molecule has 25 heteroatoms. The number of aliphatic hydroxyl groups is 8. The topological polar surface area (TPSA) is 439 Å². The molecule has 0 spiro atoms. The Hall–Kier alpha value is -3.86. The van der Waals surface area contributed by atoms with Crippen LogP contribution in [0.5, 0.6) is 0 Å². The van der Waals surface area contributed by atoms with Crippen LogP contribution in [0, 0.1) is 0 Å². The number of guanidine groups is 1. The van der Waals surface area contributed by atoms with E-state index in [2.05, 4.69) is 22.5 Å². The van der Waals surface area contributed by atoms with Gasteiger partial charge in [-0.1, -0.05) is 117 Å². The molecule has 2 saturated heterocycles. The molecule has 18 N–H and O–H groups in total. The molecule has 2 fully saturated rings. The van der Waals surface area contributed by atoms with Crippen LogP contribution < -0.4 is 27.8 Å². The molecule has 71 heavy (non-hydrogen) atoms. The number of aliphatic hydroxyl groups excluding tert-OH is 7. The van der Waals surface area contributed by atoms with Crippen molar-refractivity contribution in [3.8, 4) is 0 Å². The molecule has 2 rings (SSSR count). The molecule has 13 atom stereocenters. The van der Waals surface area contributed by atoms with Gasteiger partial charge in [-0.3, -0.25) is 14.6 Å². The van der Waals surface area contributed by atoms with E-state index in [1.807, 2.05) is 6.92 Å². The van der Waals surface area contributed by atoms with Crippen LogP contribution in [0.3, 0.4) is 0 Å². The monoisotopic (exact) mass is 1020 g/mol. The largest absolute Gasteiger partial charge is 0.479 e. The van der Waals surface area contributed by atoms with Crippen molar-refractivity contribution in [1.29, 1.82) is 0 Å². The second-order valence-corrected chi connectivity index (χ2v) is 19.0.